The van der Waals surface area contributed by atoms with Crippen LogP contribution >= 0.6 is 11.6 Å². The van der Waals surface area contributed by atoms with Crippen molar-refractivity contribution in [1.29, 1.82) is 0 Å². The van der Waals surface area contributed by atoms with Gasteiger partial charge in [0.25, 0.3) is 0 Å². The molecular weight excluding hydrogens is 468 g/mol. The molecule has 0 aliphatic heterocycles. The molecule has 0 atom stereocenters. The van der Waals surface area contributed by atoms with E-state index < -0.39 is 0 Å². The van der Waals surface area contributed by atoms with Crippen LogP contribution in [0.5, 0.6) is 5.75 Å². The molecule has 2 aliphatic carbocycles. The molecule has 0 spiro atoms. The van der Waals surface area contributed by atoms with Gasteiger partial charge in [-0.15, -0.1) is 0 Å². The molecule has 5 heteroatoms. The van der Waals surface area contributed by atoms with E-state index in [0.717, 1.165) is 68.1 Å². The number of rotatable bonds is 11. The number of hydrogen-bond acceptors (Lipinski definition) is 3. The zero-order chi connectivity index (χ0) is 25.4. The number of benzene rings is 2. The van der Waals surface area contributed by atoms with Crippen LogP contribution in [0.3, 0.4) is 0 Å². The summed E-state index contributed by atoms with van der Waals surface area (Å²) in [7, 11) is 0. The van der Waals surface area contributed by atoms with Crippen LogP contribution in [0.15, 0.2) is 48.5 Å². The van der Waals surface area contributed by atoms with Gasteiger partial charge in [-0.3, -0.25) is 4.79 Å². The fourth-order valence-electron chi connectivity index (χ4n) is 6.15. The summed E-state index contributed by atoms with van der Waals surface area (Å²) < 4.78 is 6.02. The number of halogens is 1. The molecule has 196 valence electrons. The Morgan fingerprint density at radius 3 is 2.42 bits per heavy atom. The van der Waals surface area contributed by atoms with Crippen LogP contribution in [-0.2, 0) is 10.2 Å². The summed E-state index contributed by atoms with van der Waals surface area (Å²) in [6.07, 6.45) is 12.0. The van der Waals surface area contributed by atoms with E-state index in [4.69, 9.17) is 22.1 Å². The molecule has 2 fully saturated rings. The maximum Gasteiger partial charge on any atom is 0.226 e. The topological polar surface area (TPSA) is 55.6 Å². The van der Waals surface area contributed by atoms with Crippen molar-refractivity contribution in [2.45, 2.75) is 83.0 Å². The van der Waals surface area contributed by atoms with Gasteiger partial charge >= 0.3 is 0 Å². The van der Waals surface area contributed by atoms with E-state index in [1.54, 1.807) is 0 Å². The van der Waals surface area contributed by atoms with Gasteiger partial charge < -0.3 is 15.4 Å². The fourth-order valence-corrected chi connectivity index (χ4v) is 6.34. The molecule has 0 bridgehead atoms. The lowest BCUT2D eigenvalue weighted by molar-refractivity contribution is -0.119. The Morgan fingerprint density at radius 1 is 1.06 bits per heavy atom. The van der Waals surface area contributed by atoms with Crippen LogP contribution in [-0.4, -0.2) is 25.6 Å². The molecule has 2 aromatic rings. The Kier molecular flexibility index (Phi) is 9.73. The van der Waals surface area contributed by atoms with Gasteiger partial charge in [-0.2, -0.15) is 0 Å². The van der Waals surface area contributed by atoms with Gasteiger partial charge in [-0.05, 0) is 105 Å². The summed E-state index contributed by atoms with van der Waals surface area (Å²) in [5.74, 6) is 2.40. The monoisotopic (exact) mass is 510 g/mol. The highest BCUT2D eigenvalue weighted by molar-refractivity contribution is 6.30. The van der Waals surface area contributed by atoms with Gasteiger partial charge in [0.1, 0.15) is 5.75 Å². The van der Waals surface area contributed by atoms with E-state index in [-0.39, 0.29) is 11.3 Å². The van der Waals surface area contributed by atoms with E-state index in [0.29, 0.717) is 24.8 Å². The minimum absolute atomic E-state index is 0.0151. The number of carbonyl (C=O) groups excluding carboxylic acids is 1. The summed E-state index contributed by atoms with van der Waals surface area (Å²) in [6.45, 7) is 4.32. The molecular formula is C31H43ClN2O2. The predicted octanol–water partition coefficient (Wildman–Crippen LogP) is 7.52. The number of nitrogens with two attached hydrogens (primary N) is 1. The zero-order valence-corrected chi connectivity index (χ0v) is 22.6. The van der Waals surface area contributed by atoms with Gasteiger partial charge in [0, 0.05) is 35.6 Å². The van der Waals surface area contributed by atoms with Crippen molar-refractivity contribution < 1.29 is 9.53 Å². The van der Waals surface area contributed by atoms with Crippen molar-refractivity contribution in [3.63, 3.8) is 0 Å². The summed E-state index contributed by atoms with van der Waals surface area (Å²) >= 11 is 6.26. The maximum absolute atomic E-state index is 13.3. The van der Waals surface area contributed by atoms with Gasteiger partial charge in [-0.25, -0.2) is 0 Å². The minimum Gasteiger partial charge on any atom is -0.493 e. The van der Waals surface area contributed by atoms with Crippen molar-refractivity contribution >= 4 is 23.2 Å². The molecule has 0 radical (unpaired) electrons. The first-order valence-corrected chi connectivity index (χ1v) is 14.4. The van der Waals surface area contributed by atoms with Crippen molar-refractivity contribution in [2.75, 3.05) is 24.6 Å². The quantitative estimate of drug-likeness (QED) is 0.340. The van der Waals surface area contributed by atoms with Gasteiger partial charge in [0.15, 0.2) is 0 Å². The average molecular weight is 511 g/mol. The molecule has 4 nitrogen and oxygen atoms in total. The maximum atomic E-state index is 13.3. The van der Waals surface area contributed by atoms with E-state index in [1.807, 2.05) is 41.3 Å². The first-order valence-electron chi connectivity index (χ1n) is 14.0. The number of carbonyl (C=O) groups is 1. The summed E-state index contributed by atoms with van der Waals surface area (Å²) in [4.78, 5) is 15.2. The van der Waals surface area contributed by atoms with Crippen LogP contribution in [0.25, 0.3) is 0 Å². The van der Waals surface area contributed by atoms with Gasteiger partial charge in [0.05, 0.1) is 6.61 Å². The summed E-state index contributed by atoms with van der Waals surface area (Å²) in [6, 6.07) is 16.3. The van der Waals surface area contributed by atoms with Crippen molar-refractivity contribution in [2.24, 2.45) is 17.6 Å². The Balaban J connectivity index is 1.29. The largest absolute Gasteiger partial charge is 0.493 e. The van der Waals surface area contributed by atoms with E-state index in [2.05, 4.69) is 19.1 Å². The molecule has 0 unspecified atom stereocenters. The highest BCUT2D eigenvalue weighted by Gasteiger charge is 2.36. The van der Waals surface area contributed by atoms with Crippen LogP contribution in [0.2, 0.25) is 5.02 Å². The molecule has 0 heterocycles. The van der Waals surface area contributed by atoms with E-state index in [9.17, 15) is 4.79 Å². The lowest BCUT2D eigenvalue weighted by Gasteiger charge is -2.40. The second-order valence-electron chi connectivity index (χ2n) is 11.0. The van der Waals surface area contributed by atoms with E-state index in [1.165, 1.54) is 31.2 Å². The minimum atomic E-state index is 0.0151. The Bertz CT molecular complexity index is 963. The molecule has 2 N–H and O–H groups in total. The smallest absolute Gasteiger partial charge is 0.226 e. The lowest BCUT2D eigenvalue weighted by atomic mass is 9.66. The predicted molar refractivity (Wildman–Crippen MR) is 150 cm³/mol. The van der Waals surface area contributed by atoms with Gasteiger partial charge in [0.2, 0.25) is 5.91 Å². The Morgan fingerprint density at radius 2 is 1.78 bits per heavy atom. The number of hydrogen-bond donors (Lipinski definition) is 1. The first kappa shape index (κ1) is 27.0. The molecule has 1 amide bonds. The summed E-state index contributed by atoms with van der Waals surface area (Å²) in [5, 5.41) is 0.775. The van der Waals surface area contributed by atoms with Crippen LogP contribution < -0.4 is 15.4 Å². The summed E-state index contributed by atoms with van der Waals surface area (Å²) in [5.41, 5.74) is 8.52. The molecule has 2 saturated carbocycles. The number of anilines is 1. The standard InChI is InChI=1S/C31H43ClN2O2/c1-2-20-34(28-11-13-29(14-12-28)36-22-25-6-3-4-7-25)30(35)15-10-24-16-18-31(23-33,19-17-24)26-8-5-9-27(32)21-26/h5,8-9,11-14,21,24-25H,2-4,6-7,10,15-20,22-23,33H2,1H3. The molecule has 36 heavy (non-hydrogen) atoms. The second kappa shape index (κ2) is 13.0. The van der Waals surface area contributed by atoms with Crippen LogP contribution in [0.1, 0.15) is 83.1 Å². The number of ether oxygens (including phenoxy) is 1. The Labute approximate surface area is 222 Å². The van der Waals surface area contributed by atoms with Crippen molar-refractivity contribution in [3.8, 4) is 5.75 Å². The SMILES string of the molecule is CCCN(C(=O)CCC1CCC(CN)(c2cccc(Cl)c2)CC1)c1ccc(OCC2CCCC2)cc1. The van der Waals surface area contributed by atoms with Crippen LogP contribution in [0, 0.1) is 11.8 Å². The van der Waals surface area contributed by atoms with Crippen molar-refractivity contribution in [3.05, 3.63) is 59.1 Å². The number of nitrogens with zero attached hydrogens (tertiary/aromatic N) is 1. The van der Waals surface area contributed by atoms with E-state index >= 15 is 0 Å². The third kappa shape index (κ3) is 6.83. The van der Waals surface area contributed by atoms with Crippen molar-refractivity contribution in [1.82, 2.24) is 0 Å². The highest BCUT2D eigenvalue weighted by Crippen LogP contribution is 2.43. The molecule has 0 saturated heterocycles. The second-order valence-corrected chi connectivity index (χ2v) is 11.4. The molecule has 0 aromatic heterocycles. The fraction of sp³-hybridized carbons (Fsp3) is 0.581. The normalized spacial score (nSPS) is 22.5. The molecule has 2 aromatic carbocycles. The lowest BCUT2D eigenvalue weighted by Crippen LogP contribution is -2.39. The van der Waals surface area contributed by atoms with Gasteiger partial charge in [-0.1, -0.05) is 43.5 Å². The van der Waals surface area contributed by atoms with Crippen LogP contribution in [0.4, 0.5) is 5.69 Å². The Hall–Kier alpha value is -2.04. The zero-order valence-electron chi connectivity index (χ0n) is 21.9. The average Bonchev–Trinajstić information content (AvgIpc) is 3.44. The third-order valence-corrected chi connectivity index (χ3v) is 8.75. The third-order valence-electron chi connectivity index (χ3n) is 8.51. The highest BCUT2D eigenvalue weighted by atomic mass is 35.5. The molecule has 2 aliphatic rings. The number of amides is 1. The first-order chi connectivity index (χ1) is 17.5. The molecule has 4 rings (SSSR count).